The molecule has 35 heavy (non-hydrogen) atoms. The standard InChI is InChI=1S/C21H25N9O4S/c1-14(13-31)30-20(25-26-27-30)17-5-4-6-19(23-17)24-21(32)18-9-15-11-29(12-16(15)10-22-18)35(33,34)28-7-2-3-8-28/h4-6,9-10,14,31H,2-3,7-8,11-13H2,1H3,(H,23,24,32)/t14-/m1/s1. The molecule has 1 saturated heterocycles. The molecule has 1 atom stereocenters. The molecule has 2 aliphatic heterocycles. The van der Waals surface area contributed by atoms with Crippen LogP contribution in [-0.4, -0.2) is 77.9 Å². The SMILES string of the molecule is C[C@H](CO)n1nnnc1-c1cccc(NC(=O)c2cc3c(cn2)CN(S(=O)(=O)N2CCCC2)C3)n1. The van der Waals surface area contributed by atoms with Crippen LogP contribution in [0.15, 0.2) is 30.5 Å². The lowest BCUT2D eigenvalue weighted by atomic mass is 10.1. The van der Waals surface area contributed by atoms with Crippen molar-refractivity contribution in [1.82, 2.24) is 38.8 Å². The highest BCUT2D eigenvalue weighted by Gasteiger charge is 2.35. The van der Waals surface area contributed by atoms with E-state index in [1.165, 1.54) is 13.3 Å². The van der Waals surface area contributed by atoms with Crippen LogP contribution in [0.25, 0.3) is 11.5 Å². The summed E-state index contributed by atoms with van der Waals surface area (Å²) in [7, 11) is -3.53. The first-order valence-electron chi connectivity index (χ1n) is 11.3. The summed E-state index contributed by atoms with van der Waals surface area (Å²) in [6, 6.07) is 6.31. The molecule has 0 radical (unpaired) electrons. The fourth-order valence-electron chi connectivity index (χ4n) is 4.17. The predicted molar refractivity (Wildman–Crippen MR) is 124 cm³/mol. The molecule has 0 unspecified atom stereocenters. The van der Waals surface area contributed by atoms with Crippen molar-refractivity contribution in [3.05, 3.63) is 47.3 Å². The molecule has 0 aromatic carbocycles. The number of pyridine rings is 2. The summed E-state index contributed by atoms with van der Waals surface area (Å²) >= 11 is 0. The number of carbonyl (C=O) groups is 1. The summed E-state index contributed by atoms with van der Waals surface area (Å²) in [4.78, 5) is 21.6. The van der Waals surface area contributed by atoms with Gasteiger partial charge in [0, 0.05) is 32.4 Å². The van der Waals surface area contributed by atoms with Gasteiger partial charge in [-0.05, 0) is 59.5 Å². The Balaban J connectivity index is 1.31. The van der Waals surface area contributed by atoms with E-state index in [1.807, 2.05) is 0 Å². The molecule has 1 amide bonds. The number of amides is 1. The summed E-state index contributed by atoms with van der Waals surface area (Å²) in [5.41, 5.74) is 2.13. The number of rotatable bonds is 7. The highest BCUT2D eigenvalue weighted by atomic mass is 32.2. The van der Waals surface area contributed by atoms with Crippen LogP contribution in [-0.2, 0) is 23.3 Å². The topological polar surface area (TPSA) is 159 Å². The Labute approximate surface area is 202 Å². The van der Waals surface area contributed by atoms with Crippen LogP contribution in [0.2, 0.25) is 0 Å². The lowest BCUT2D eigenvalue weighted by Gasteiger charge is -2.22. The molecule has 13 nitrogen and oxygen atoms in total. The number of tetrazole rings is 1. The molecular weight excluding hydrogens is 474 g/mol. The highest BCUT2D eigenvalue weighted by molar-refractivity contribution is 7.86. The zero-order chi connectivity index (χ0) is 24.6. The fourth-order valence-corrected chi connectivity index (χ4v) is 5.82. The highest BCUT2D eigenvalue weighted by Crippen LogP contribution is 2.28. The normalized spacial score (nSPS) is 17.4. The van der Waals surface area contributed by atoms with Crippen molar-refractivity contribution < 1.29 is 18.3 Å². The molecule has 5 rings (SSSR count). The third kappa shape index (κ3) is 4.52. The van der Waals surface area contributed by atoms with Crippen molar-refractivity contribution in [2.75, 3.05) is 25.0 Å². The Morgan fingerprint density at radius 3 is 2.71 bits per heavy atom. The number of hydrogen-bond acceptors (Lipinski definition) is 9. The van der Waals surface area contributed by atoms with Crippen LogP contribution in [0.3, 0.4) is 0 Å². The fraction of sp³-hybridized carbons (Fsp3) is 0.429. The first-order valence-corrected chi connectivity index (χ1v) is 12.7. The molecule has 1 fully saturated rings. The number of nitrogens with one attached hydrogen (secondary N) is 1. The van der Waals surface area contributed by atoms with Crippen LogP contribution in [0.5, 0.6) is 0 Å². The van der Waals surface area contributed by atoms with Crippen LogP contribution >= 0.6 is 0 Å². The van der Waals surface area contributed by atoms with Gasteiger partial charge in [-0.1, -0.05) is 6.07 Å². The molecule has 0 spiro atoms. The second-order valence-electron chi connectivity index (χ2n) is 8.56. The van der Waals surface area contributed by atoms with Crippen molar-refractivity contribution in [3.63, 3.8) is 0 Å². The number of aromatic nitrogens is 6. The Kier molecular flexibility index (Phi) is 6.27. The molecule has 5 heterocycles. The van der Waals surface area contributed by atoms with E-state index in [4.69, 9.17) is 0 Å². The smallest absolute Gasteiger partial charge is 0.282 e. The van der Waals surface area contributed by atoms with Gasteiger partial charge in [-0.15, -0.1) is 5.10 Å². The summed E-state index contributed by atoms with van der Waals surface area (Å²) in [5.74, 6) is 0.165. The summed E-state index contributed by atoms with van der Waals surface area (Å²) in [6.07, 6.45) is 3.30. The summed E-state index contributed by atoms with van der Waals surface area (Å²) < 4.78 is 30.2. The van der Waals surface area contributed by atoms with Gasteiger partial charge < -0.3 is 10.4 Å². The molecule has 2 N–H and O–H groups in total. The van der Waals surface area contributed by atoms with Crippen LogP contribution in [0.4, 0.5) is 5.82 Å². The van der Waals surface area contributed by atoms with E-state index in [-0.39, 0.29) is 37.3 Å². The lowest BCUT2D eigenvalue weighted by molar-refractivity contribution is 0.102. The van der Waals surface area contributed by atoms with Crippen LogP contribution in [0.1, 0.15) is 47.4 Å². The van der Waals surface area contributed by atoms with E-state index in [2.05, 4.69) is 30.8 Å². The maximum Gasteiger partial charge on any atom is 0.282 e. The number of nitrogens with zero attached hydrogens (tertiary/aromatic N) is 8. The quantitative estimate of drug-likeness (QED) is 0.474. The van der Waals surface area contributed by atoms with E-state index in [0.717, 1.165) is 24.0 Å². The lowest BCUT2D eigenvalue weighted by Crippen LogP contribution is -2.39. The van der Waals surface area contributed by atoms with Crippen LogP contribution in [0, 0.1) is 0 Å². The minimum Gasteiger partial charge on any atom is -0.394 e. The number of fused-ring (bicyclic) bond motifs is 1. The van der Waals surface area contributed by atoms with E-state index >= 15 is 0 Å². The first kappa shape index (κ1) is 23.4. The van der Waals surface area contributed by atoms with Crippen molar-refractivity contribution >= 4 is 21.9 Å². The van der Waals surface area contributed by atoms with Crippen molar-refractivity contribution in [2.24, 2.45) is 0 Å². The Morgan fingerprint density at radius 2 is 1.94 bits per heavy atom. The zero-order valence-corrected chi connectivity index (χ0v) is 19.9. The third-order valence-electron chi connectivity index (χ3n) is 6.12. The van der Waals surface area contributed by atoms with Gasteiger partial charge in [-0.25, -0.2) is 9.67 Å². The molecule has 0 aliphatic carbocycles. The van der Waals surface area contributed by atoms with Gasteiger partial charge >= 0.3 is 0 Å². The maximum atomic E-state index is 12.9. The molecule has 0 saturated carbocycles. The Bertz CT molecular complexity index is 1350. The molecule has 14 heteroatoms. The molecule has 3 aromatic rings. The zero-order valence-electron chi connectivity index (χ0n) is 19.1. The van der Waals surface area contributed by atoms with Gasteiger partial charge in [0.1, 0.15) is 17.2 Å². The molecule has 3 aromatic heterocycles. The van der Waals surface area contributed by atoms with Gasteiger partial charge in [-0.2, -0.15) is 17.0 Å². The molecule has 0 bridgehead atoms. The van der Waals surface area contributed by atoms with Gasteiger partial charge in [-0.3, -0.25) is 9.78 Å². The number of carbonyl (C=O) groups excluding carboxylic acids is 1. The number of aliphatic hydroxyl groups excluding tert-OH is 1. The maximum absolute atomic E-state index is 12.9. The largest absolute Gasteiger partial charge is 0.394 e. The van der Waals surface area contributed by atoms with Gasteiger partial charge in [0.25, 0.3) is 16.1 Å². The van der Waals surface area contributed by atoms with Gasteiger partial charge in [0.15, 0.2) is 0 Å². The molecule has 2 aliphatic rings. The molecular formula is C21H25N9O4S. The number of aliphatic hydroxyl groups is 1. The van der Waals surface area contributed by atoms with E-state index < -0.39 is 16.1 Å². The van der Waals surface area contributed by atoms with Crippen LogP contribution < -0.4 is 5.32 Å². The monoisotopic (exact) mass is 499 g/mol. The van der Waals surface area contributed by atoms with E-state index in [0.29, 0.717) is 24.6 Å². The minimum absolute atomic E-state index is 0.144. The molecule has 184 valence electrons. The second-order valence-corrected chi connectivity index (χ2v) is 10.5. The average molecular weight is 500 g/mol. The number of hydrogen-bond donors (Lipinski definition) is 2. The average Bonchev–Trinajstić information content (AvgIpc) is 3.63. The second kappa shape index (κ2) is 9.37. The minimum atomic E-state index is -3.53. The third-order valence-corrected chi connectivity index (χ3v) is 8.05. The van der Waals surface area contributed by atoms with Crippen molar-refractivity contribution in [2.45, 2.75) is 38.9 Å². The number of anilines is 1. The van der Waals surface area contributed by atoms with Gasteiger partial charge in [0.05, 0.1) is 12.6 Å². The Morgan fingerprint density at radius 1 is 1.17 bits per heavy atom. The predicted octanol–water partition coefficient (Wildman–Crippen LogP) is 0.592. The van der Waals surface area contributed by atoms with E-state index in [1.54, 1.807) is 37.4 Å². The first-order chi connectivity index (χ1) is 16.9. The summed E-state index contributed by atoms with van der Waals surface area (Å²) in [5, 5.41) is 23.7. The Hall–Kier alpha value is -3.33. The van der Waals surface area contributed by atoms with Crippen molar-refractivity contribution in [3.8, 4) is 11.5 Å². The van der Waals surface area contributed by atoms with Crippen molar-refractivity contribution in [1.29, 1.82) is 0 Å². The van der Waals surface area contributed by atoms with Gasteiger partial charge in [0.2, 0.25) is 5.82 Å². The summed E-state index contributed by atoms with van der Waals surface area (Å²) in [6.45, 7) is 3.15. The van der Waals surface area contributed by atoms with E-state index in [9.17, 15) is 18.3 Å².